The fourth-order valence-electron chi connectivity index (χ4n) is 3.19. The van der Waals surface area contributed by atoms with Gasteiger partial charge in [-0.1, -0.05) is 12.1 Å². The molecule has 9 heteroatoms. The van der Waals surface area contributed by atoms with Crippen LogP contribution in [0.4, 0.5) is 13.2 Å². The molecule has 2 aromatic heterocycles. The van der Waals surface area contributed by atoms with E-state index in [1.165, 1.54) is 6.20 Å². The fourth-order valence-corrected chi connectivity index (χ4v) is 3.19. The molecule has 3 heterocycles. The summed E-state index contributed by atoms with van der Waals surface area (Å²) in [6.07, 6.45) is -3.14. The molecule has 1 aliphatic rings. The number of halogens is 3. The molecule has 0 unspecified atom stereocenters. The van der Waals surface area contributed by atoms with E-state index < -0.39 is 11.9 Å². The molecule has 1 saturated heterocycles. The van der Waals surface area contributed by atoms with Gasteiger partial charge in [-0.15, -0.1) is 0 Å². The number of nitriles is 1. The minimum absolute atomic E-state index is 0.181. The molecule has 0 amide bonds. The zero-order chi connectivity index (χ0) is 19.7. The minimum atomic E-state index is -4.58. The van der Waals surface area contributed by atoms with Gasteiger partial charge in [0.15, 0.2) is 11.3 Å². The van der Waals surface area contributed by atoms with Crippen LogP contribution in [0.15, 0.2) is 36.5 Å². The highest BCUT2D eigenvalue weighted by Crippen LogP contribution is 2.33. The van der Waals surface area contributed by atoms with Gasteiger partial charge in [-0.05, 0) is 18.2 Å². The number of hydrogen-bond acceptors (Lipinski definition) is 5. The normalized spacial score (nSPS) is 15.6. The van der Waals surface area contributed by atoms with Gasteiger partial charge in [0.2, 0.25) is 0 Å². The Hall–Kier alpha value is -2.96. The smallest absolute Gasteiger partial charge is 0.379 e. The molecule has 28 heavy (non-hydrogen) atoms. The highest BCUT2D eigenvalue weighted by Gasteiger charge is 2.35. The van der Waals surface area contributed by atoms with Crippen LogP contribution in [0.5, 0.6) is 0 Å². The summed E-state index contributed by atoms with van der Waals surface area (Å²) in [5.74, 6) is 0. The fraction of sp³-hybridized carbons (Fsp3) is 0.316. The third-order valence-electron chi connectivity index (χ3n) is 4.64. The van der Waals surface area contributed by atoms with Gasteiger partial charge in [-0.25, -0.2) is 9.50 Å². The van der Waals surface area contributed by atoms with Crippen molar-refractivity contribution >= 4 is 5.65 Å². The first-order valence-electron chi connectivity index (χ1n) is 8.71. The molecule has 6 nitrogen and oxygen atoms in total. The lowest BCUT2D eigenvalue weighted by Gasteiger charge is -2.26. The summed E-state index contributed by atoms with van der Waals surface area (Å²) >= 11 is 0. The zero-order valence-corrected chi connectivity index (χ0v) is 14.8. The van der Waals surface area contributed by atoms with Crippen molar-refractivity contribution in [1.82, 2.24) is 19.5 Å². The molecule has 0 spiro atoms. The van der Waals surface area contributed by atoms with Gasteiger partial charge in [-0.2, -0.15) is 23.5 Å². The summed E-state index contributed by atoms with van der Waals surface area (Å²) in [5.41, 5.74) is 1.05. The Morgan fingerprint density at radius 1 is 1.14 bits per heavy atom. The first-order valence-corrected chi connectivity index (χ1v) is 8.71. The number of fused-ring (bicyclic) bond motifs is 1. The molecule has 4 rings (SSSR count). The minimum Gasteiger partial charge on any atom is -0.379 e. The van der Waals surface area contributed by atoms with Crippen LogP contribution in [0.1, 0.15) is 16.8 Å². The zero-order valence-electron chi connectivity index (χ0n) is 14.8. The summed E-state index contributed by atoms with van der Waals surface area (Å²) in [6.45, 7) is 3.05. The summed E-state index contributed by atoms with van der Waals surface area (Å²) in [6, 6.07) is 9.27. The van der Waals surface area contributed by atoms with E-state index in [1.54, 1.807) is 24.3 Å². The maximum atomic E-state index is 13.6. The van der Waals surface area contributed by atoms with E-state index in [2.05, 4.69) is 15.0 Å². The molecule has 0 radical (unpaired) electrons. The number of nitrogens with zero attached hydrogens (tertiary/aromatic N) is 5. The van der Waals surface area contributed by atoms with E-state index >= 15 is 0 Å². The number of morpholine rings is 1. The van der Waals surface area contributed by atoms with Gasteiger partial charge in [0, 0.05) is 30.8 Å². The van der Waals surface area contributed by atoms with Crippen LogP contribution in [0, 0.1) is 11.3 Å². The highest BCUT2D eigenvalue weighted by molar-refractivity contribution is 5.64. The molecule has 0 atom stereocenters. The summed E-state index contributed by atoms with van der Waals surface area (Å²) in [4.78, 5) is 6.56. The highest BCUT2D eigenvalue weighted by atomic mass is 19.4. The molecule has 0 aliphatic carbocycles. The van der Waals surface area contributed by atoms with Crippen molar-refractivity contribution in [2.24, 2.45) is 0 Å². The third-order valence-corrected chi connectivity index (χ3v) is 4.64. The Balaban J connectivity index is 1.81. The molecule has 3 aromatic rings. The lowest BCUT2D eigenvalue weighted by Crippen LogP contribution is -2.35. The first-order chi connectivity index (χ1) is 13.5. The molecule has 1 aromatic carbocycles. The molecule has 144 valence electrons. The lowest BCUT2D eigenvalue weighted by molar-refractivity contribution is -0.142. The van der Waals surface area contributed by atoms with Gasteiger partial charge in [0.1, 0.15) is 0 Å². The van der Waals surface area contributed by atoms with Crippen LogP contribution >= 0.6 is 0 Å². The van der Waals surface area contributed by atoms with Crippen molar-refractivity contribution < 1.29 is 17.9 Å². The number of ether oxygens (including phenoxy) is 1. The average molecular weight is 387 g/mol. The van der Waals surface area contributed by atoms with Crippen molar-refractivity contribution in [3.63, 3.8) is 0 Å². The van der Waals surface area contributed by atoms with Crippen LogP contribution in [0.25, 0.3) is 16.9 Å². The van der Waals surface area contributed by atoms with E-state index in [0.29, 0.717) is 49.5 Å². The first kappa shape index (κ1) is 18.4. The monoisotopic (exact) mass is 387 g/mol. The third kappa shape index (κ3) is 3.56. The predicted octanol–water partition coefficient (Wildman–Crippen LogP) is 3.12. The van der Waals surface area contributed by atoms with E-state index in [-0.39, 0.29) is 11.3 Å². The maximum Gasteiger partial charge on any atom is 0.433 e. The summed E-state index contributed by atoms with van der Waals surface area (Å²) < 4.78 is 47.1. The standard InChI is InChI=1S/C19H16F3N5O/c20-19(21,22)17-9-16(14-3-1-13(10-23)2-4-14)25-18-15(11-24-27(17)18)12-26-5-7-28-8-6-26/h1-4,9,11H,5-8,12H2. The van der Waals surface area contributed by atoms with Gasteiger partial charge >= 0.3 is 6.18 Å². The number of aromatic nitrogens is 3. The summed E-state index contributed by atoms with van der Waals surface area (Å²) in [5, 5.41) is 12.9. The number of rotatable bonds is 3. The van der Waals surface area contributed by atoms with Crippen LogP contribution in [0.3, 0.4) is 0 Å². The molecule has 1 aliphatic heterocycles. The van der Waals surface area contributed by atoms with Crippen molar-refractivity contribution in [3.8, 4) is 17.3 Å². The van der Waals surface area contributed by atoms with Crippen molar-refractivity contribution in [2.75, 3.05) is 26.3 Å². The number of benzene rings is 1. The largest absolute Gasteiger partial charge is 0.433 e. The van der Waals surface area contributed by atoms with E-state index in [1.807, 2.05) is 6.07 Å². The van der Waals surface area contributed by atoms with Gasteiger partial charge < -0.3 is 4.74 Å². The second kappa shape index (κ2) is 7.22. The van der Waals surface area contributed by atoms with Crippen molar-refractivity contribution in [2.45, 2.75) is 12.7 Å². The van der Waals surface area contributed by atoms with Gasteiger partial charge in [0.25, 0.3) is 0 Å². The topological polar surface area (TPSA) is 66.5 Å². The Bertz CT molecular complexity index is 1030. The molecule has 1 fully saturated rings. The quantitative estimate of drug-likeness (QED) is 0.691. The Kier molecular flexibility index (Phi) is 4.75. The Labute approximate surface area is 158 Å². The van der Waals surface area contributed by atoms with E-state index in [4.69, 9.17) is 10.00 Å². The van der Waals surface area contributed by atoms with Crippen LogP contribution in [-0.2, 0) is 17.5 Å². The van der Waals surface area contributed by atoms with Crippen LogP contribution in [-0.4, -0.2) is 45.8 Å². The van der Waals surface area contributed by atoms with E-state index in [0.717, 1.165) is 10.6 Å². The number of hydrogen-bond donors (Lipinski definition) is 0. The molecular formula is C19H16F3N5O. The van der Waals surface area contributed by atoms with Gasteiger partial charge in [0.05, 0.1) is 36.7 Å². The van der Waals surface area contributed by atoms with Crippen LogP contribution in [0.2, 0.25) is 0 Å². The van der Waals surface area contributed by atoms with Gasteiger partial charge in [-0.3, -0.25) is 4.90 Å². The van der Waals surface area contributed by atoms with E-state index in [9.17, 15) is 13.2 Å². The van der Waals surface area contributed by atoms with Crippen LogP contribution < -0.4 is 0 Å². The molecule has 0 bridgehead atoms. The second-order valence-corrected chi connectivity index (χ2v) is 6.51. The Morgan fingerprint density at radius 3 is 2.50 bits per heavy atom. The van der Waals surface area contributed by atoms with Crippen molar-refractivity contribution in [1.29, 1.82) is 5.26 Å². The second-order valence-electron chi connectivity index (χ2n) is 6.51. The molecule has 0 N–H and O–H groups in total. The molecular weight excluding hydrogens is 371 g/mol. The maximum absolute atomic E-state index is 13.6. The Morgan fingerprint density at radius 2 is 1.86 bits per heavy atom. The average Bonchev–Trinajstić information content (AvgIpc) is 3.10. The van der Waals surface area contributed by atoms with Crippen molar-refractivity contribution in [3.05, 3.63) is 53.3 Å². The summed E-state index contributed by atoms with van der Waals surface area (Å²) in [7, 11) is 0. The number of alkyl halides is 3. The SMILES string of the molecule is N#Cc1ccc(-c2cc(C(F)(F)F)n3ncc(CN4CCOCC4)c3n2)cc1. The molecule has 0 saturated carbocycles. The predicted molar refractivity (Wildman–Crippen MR) is 94.2 cm³/mol. The lowest BCUT2D eigenvalue weighted by atomic mass is 10.1.